The minimum atomic E-state index is -1.08. The number of aliphatic hydroxyl groups is 1. The van der Waals surface area contributed by atoms with Crippen LogP contribution in [0.4, 0.5) is 20.3 Å². The summed E-state index contributed by atoms with van der Waals surface area (Å²) in [6.45, 7) is 4.74. The number of hydrogen-bond acceptors (Lipinski definition) is 10. The van der Waals surface area contributed by atoms with Crippen LogP contribution < -0.4 is 26.3 Å². The van der Waals surface area contributed by atoms with Gasteiger partial charge in [0.2, 0.25) is 5.91 Å². The Morgan fingerprint density at radius 3 is 2.84 bits per heavy atom. The van der Waals surface area contributed by atoms with Gasteiger partial charge in [0.15, 0.2) is 11.6 Å². The van der Waals surface area contributed by atoms with Crippen LogP contribution in [0.3, 0.4) is 0 Å². The average Bonchev–Trinajstić information content (AvgIpc) is 3.28. The fourth-order valence-electron chi connectivity index (χ4n) is 4.01. The highest BCUT2D eigenvalue weighted by Gasteiger charge is 2.27. The van der Waals surface area contributed by atoms with Crippen molar-refractivity contribution in [1.82, 2.24) is 25.3 Å². The molecule has 0 saturated carbocycles. The largest absolute Gasteiger partial charge is 0.493 e. The summed E-state index contributed by atoms with van der Waals surface area (Å²) in [5.74, 6) is -1.33. The summed E-state index contributed by atoms with van der Waals surface area (Å²) < 4.78 is 34.2. The van der Waals surface area contributed by atoms with Gasteiger partial charge < -0.3 is 25.8 Å². The standard InChI is InChI=1S/C25H30F2N8O3/c1-2-33(10-11-36)9-4-12-38-17-7-8-18-20(13-17)29-16-30-25(18)31-23-15-34(14-22(28)37)35(32-23)21-6-3-5-19(26)24(21)27/h3,5-8,13,15-16,32,36H,2,4,9-12,14H2,1H3,(H2,28,37)(H,29,30,31). The Labute approximate surface area is 218 Å². The van der Waals surface area contributed by atoms with Crippen molar-refractivity contribution in [2.75, 3.05) is 49.8 Å². The Bertz CT molecular complexity index is 1310. The first kappa shape index (κ1) is 26.8. The zero-order valence-electron chi connectivity index (χ0n) is 20.9. The number of ether oxygens (including phenoxy) is 1. The second-order valence-electron chi connectivity index (χ2n) is 8.49. The number of fused-ring (bicyclic) bond motifs is 1. The van der Waals surface area contributed by atoms with Crippen molar-refractivity contribution < 1.29 is 23.4 Å². The Hall–Kier alpha value is -4.23. The number of amides is 1. The summed E-state index contributed by atoms with van der Waals surface area (Å²) in [5.41, 5.74) is 8.75. The highest BCUT2D eigenvalue weighted by Crippen LogP contribution is 2.28. The fourth-order valence-corrected chi connectivity index (χ4v) is 4.01. The first-order chi connectivity index (χ1) is 18.4. The number of likely N-dealkylation sites (N-methyl/N-ethyl adjacent to an activating group) is 1. The lowest BCUT2D eigenvalue weighted by molar-refractivity contribution is -0.118. The maximum absolute atomic E-state index is 14.5. The van der Waals surface area contributed by atoms with E-state index in [1.807, 2.05) is 12.1 Å². The van der Waals surface area contributed by atoms with Gasteiger partial charge in [-0.2, -0.15) is 5.12 Å². The number of primary amides is 1. The molecule has 0 unspecified atom stereocenters. The number of anilines is 2. The molecule has 0 spiro atoms. The number of nitrogens with two attached hydrogens (primary N) is 1. The Morgan fingerprint density at radius 2 is 2.08 bits per heavy atom. The molecule has 1 amide bonds. The summed E-state index contributed by atoms with van der Waals surface area (Å²) >= 11 is 0. The molecule has 38 heavy (non-hydrogen) atoms. The highest BCUT2D eigenvalue weighted by atomic mass is 19.2. The molecule has 1 aliphatic heterocycles. The maximum Gasteiger partial charge on any atom is 0.239 e. The van der Waals surface area contributed by atoms with Gasteiger partial charge in [-0.05, 0) is 37.2 Å². The van der Waals surface area contributed by atoms with Crippen molar-refractivity contribution in [2.24, 2.45) is 5.73 Å². The van der Waals surface area contributed by atoms with E-state index in [1.165, 1.54) is 34.8 Å². The predicted octanol–water partition coefficient (Wildman–Crippen LogP) is 1.93. The Balaban J connectivity index is 1.46. The van der Waals surface area contributed by atoms with E-state index in [9.17, 15) is 13.6 Å². The van der Waals surface area contributed by atoms with Crippen LogP contribution in [0, 0.1) is 11.6 Å². The number of hydrazine groups is 2. The van der Waals surface area contributed by atoms with Gasteiger partial charge in [-0.1, -0.05) is 13.0 Å². The lowest BCUT2D eigenvalue weighted by Gasteiger charge is -2.29. The van der Waals surface area contributed by atoms with Gasteiger partial charge >= 0.3 is 0 Å². The summed E-state index contributed by atoms with van der Waals surface area (Å²) in [6.07, 6.45) is 3.70. The average molecular weight is 529 g/mol. The molecule has 3 aromatic rings. The molecule has 0 radical (unpaired) electrons. The van der Waals surface area contributed by atoms with Crippen molar-refractivity contribution in [2.45, 2.75) is 13.3 Å². The number of carbonyl (C=O) groups excluding carboxylic acids is 1. The molecule has 1 aliphatic rings. The topological polar surface area (TPSA) is 132 Å². The number of nitrogens with zero attached hydrogens (tertiary/aromatic N) is 5. The van der Waals surface area contributed by atoms with E-state index in [-0.39, 0.29) is 18.8 Å². The van der Waals surface area contributed by atoms with Gasteiger partial charge in [-0.3, -0.25) is 15.2 Å². The molecule has 11 nitrogen and oxygen atoms in total. The van der Waals surface area contributed by atoms with Crippen molar-refractivity contribution in [3.8, 4) is 5.75 Å². The van der Waals surface area contributed by atoms with Crippen LogP contribution in [0.1, 0.15) is 13.3 Å². The third kappa shape index (κ3) is 6.36. The zero-order valence-corrected chi connectivity index (χ0v) is 20.9. The van der Waals surface area contributed by atoms with E-state index >= 15 is 0 Å². The molecular formula is C25H30F2N8O3. The second-order valence-corrected chi connectivity index (χ2v) is 8.49. The molecule has 0 fully saturated rings. The molecular weight excluding hydrogens is 498 g/mol. The van der Waals surface area contributed by atoms with Crippen LogP contribution in [-0.2, 0) is 4.79 Å². The van der Waals surface area contributed by atoms with Gasteiger partial charge in [-0.25, -0.2) is 18.7 Å². The normalized spacial score (nSPS) is 13.1. The summed E-state index contributed by atoms with van der Waals surface area (Å²) in [4.78, 5) is 22.4. The highest BCUT2D eigenvalue weighted by molar-refractivity contribution is 5.90. The number of halogens is 2. The number of nitrogens with one attached hydrogen (secondary N) is 2. The van der Waals surface area contributed by atoms with Crippen molar-refractivity contribution >= 4 is 28.3 Å². The number of hydrogen-bond donors (Lipinski definition) is 4. The third-order valence-electron chi connectivity index (χ3n) is 5.85. The lowest BCUT2D eigenvalue weighted by atomic mass is 10.2. The van der Waals surface area contributed by atoms with E-state index in [4.69, 9.17) is 15.6 Å². The Kier molecular flexibility index (Phi) is 8.71. The first-order valence-electron chi connectivity index (χ1n) is 12.1. The molecule has 2 aromatic carbocycles. The predicted molar refractivity (Wildman–Crippen MR) is 138 cm³/mol. The Morgan fingerprint density at radius 1 is 1.24 bits per heavy atom. The molecule has 5 N–H and O–H groups in total. The van der Waals surface area contributed by atoms with E-state index in [1.54, 1.807) is 6.07 Å². The molecule has 4 rings (SSSR count). The van der Waals surface area contributed by atoms with Gasteiger partial charge in [0.05, 0.1) is 24.9 Å². The van der Waals surface area contributed by atoms with Gasteiger partial charge in [0, 0.05) is 24.5 Å². The minimum Gasteiger partial charge on any atom is -0.493 e. The molecule has 0 bridgehead atoms. The molecule has 0 atom stereocenters. The molecule has 0 aliphatic carbocycles. The quantitative estimate of drug-likeness (QED) is 0.244. The molecule has 2 heterocycles. The number of rotatable bonds is 13. The van der Waals surface area contributed by atoms with Gasteiger partial charge in [0.1, 0.15) is 35.9 Å². The molecule has 1 aromatic heterocycles. The van der Waals surface area contributed by atoms with Gasteiger partial charge in [-0.15, -0.1) is 0 Å². The van der Waals surface area contributed by atoms with Crippen molar-refractivity contribution in [1.29, 1.82) is 0 Å². The SMILES string of the molecule is CCN(CCO)CCCOc1ccc2c(NC3=CN(CC(N)=O)N(c4cccc(F)c4F)N3)ncnc2c1. The van der Waals surface area contributed by atoms with Gasteiger partial charge in [0.25, 0.3) is 0 Å². The molecule has 202 valence electrons. The van der Waals surface area contributed by atoms with E-state index in [0.29, 0.717) is 41.4 Å². The van der Waals surface area contributed by atoms with Crippen LogP contribution in [0.25, 0.3) is 10.9 Å². The van der Waals surface area contributed by atoms with Crippen LogP contribution >= 0.6 is 0 Å². The van der Waals surface area contributed by atoms with Crippen LogP contribution in [0.15, 0.2) is 54.7 Å². The van der Waals surface area contributed by atoms with E-state index < -0.39 is 17.5 Å². The minimum absolute atomic E-state index is 0.130. The second kappa shape index (κ2) is 12.3. The number of carbonyl (C=O) groups is 1. The van der Waals surface area contributed by atoms with Crippen molar-refractivity contribution in [3.05, 3.63) is 66.4 Å². The van der Waals surface area contributed by atoms with Crippen LogP contribution in [0.2, 0.25) is 0 Å². The maximum atomic E-state index is 14.5. The molecule has 0 saturated heterocycles. The third-order valence-corrected chi connectivity index (χ3v) is 5.85. The summed E-state index contributed by atoms with van der Waals surface area (Å²) in [5, 5.41) is 15.4. The monoisotopic (exact) mass is 528 g/mol. The summed E-state index contributed by atoms with van der Waals surface area (Å²) in [7, 11) is 0. The van der Waals surface area contributed by atoms with E-state index in [2.05, 4.69) is 32.5 Å². The fraction of sp³-hybridized carbons (Fsp3) is 0.320. The first-order valence-corrected chi connectivity index (χ1v) is 12.1. The lowest BCUT2D eigenvalue weighted by Crippen LogP contribution is -2.47. The number of benzene rings is 2. The number of aromatic nitrogens is 2. The van der Waals surface area contributed by atoms with E-state index in [0.717, 1.165) is 25.6 Å². The van der Waals surface area contributed by atoms with Crippen LogP contribution in [0.5, 0.6) is 5.75 Å². The zero-order chi connectivity index (χ0) is 27.1. The summed E-state index contributed by atoms with van der Waals surface area (Å²) in [6, 6.07) is 9.16. The smallest absolute Gasteiger partial charge is 0.239 e. The molecule has 13 heteroatoms. The van der Waals surface area contributed by atoms with Crippen molar-refractivity contribution in [3.63, 3.8) is 0 Å². The van der Waals surface area contributed by atoms with Crippen LogP contribution in [-0.4, -0.2) is 70.3 Å². The number of aliphatic hydroxyl groups excluding tert-OH is 1.